The van der Waals surface area contributed by atoms with E-state index in [4.69, 9.17) is 0 Å². The van der Waals surface area contributed by atoms with Crippen LogP contribution in [0.4, 0.5) is 8.78 Å². The molecule has 0 amide bonds. The van der Waals surface area contributed by atoms with E-state index >= 15 is 0 Å². The standard InChI is InChI=1S/C9H9FO2S.C9H9FOS/c1-6(11)8-4-3-7(13(2)12)5-9(8)10;1-6(11)8-4-3-7(12-2)5-9(8)10/h3-5H,1-2H3;3-5H,1-2H3. The molecule has 2 aromatic carbocycles. The Labute approximate surface area is 152 Å². The molecular formula is C18H18F2O3S2. The SMILES string of the molecule is CC(=O)c1ccc(S(C)=O)cc1F.CSc1ccc(C(C)=O)c(F)c1. The summed E-state index contributed by atoms with van der Waals surface area (Å²) in [5, 5.41) is 0. The number of carbonyl (C=O) groups is 2. The van der Waals surface area contributed by atoms with Gasteiger partial charge in [0.1, 0.15) is 11.6 Å². The van der Waals surface area contributed by atoms with Crippen LogP contribution in [0.3, 0.4) is 0 Å². The second-order valence-electron chi connectivity index (χ2n) is 5.05. The fraction of sp³-hybridized carbons (Fsp3) is 0.222. The summed E-state index contributed by atoms with van der Waals surface area (Å²) in [5.74, 6) is -1.61. The first-order chi connectivity index (χ1) is 11.7. The average Bonchev–Trinajstić information content (AvgIpc) is 2.54. The first-order valence-corrected chi connectivity index (χ1v) is 9.94. The van der Waals surface area contributed by atoms with Crippen LogP contribution in [-0.4, -0.2) is 28.3 Å². The minimum Gasteiger partial charge on any atom is -0.294 e. The molecule has 25 heavy (non-hydrogen) atoms. The molecule has 0 saturated heterocycles. The van der Waals surface area contributed by atoms with Gasteiger partial charge in [-0.15, -0.1) is 11.8 Å². The zero-order valence-electron chi connectivity index (χ0n) is 14.3. The van der Waals surface area contributed by atoms with Gasteiger partial charge in [-0.3, -0.25) is 13.8 Å². The highest BCUT2D eigenvalue weighted by Gasteiger charge is 2.09. The summed E-state index contributed by atoms with van der Waals surface area (Å²) >= 11 is 1.45. The lowest BCUT2D eigenvalue weighted by atomic mass is 10.1. The van der Waals surface area contributed by atoms with E-state index in [1.54, 1.807) is 6.07 Å². The lowest BCUT2D eigenvalue weighted by molar-refractivity contribution is 0.100. The lowest BCUT2D eigenvalue weighted by Gasteiger charge is -2.00. The molecule has 0 aromatic heterocycles. The van der Waals surface area contributed by atoms with Crippen LogP contribution in [-0.2, 0) is 10.8 Å². The van der Waals surface area contributed by atoms with Crippen molar-refractivity contribution in [3.05, 3.63) is 59.2 Å². The van der Waals surface area contributed by atoms with E-state index < -0.39 is 22.4 Å². The van der Waals surface area contributed by atoms with Crippen LogP contribution in [0.5, 0.6) is 0 Å². The zero-order chi connectivity index (χ0) is 19.1. The van der Waals surface area contributed by atoms with Gasteiger partial charge in [0, 0.05) is 26.8 Å². The van der Waals surface area contributed by atoms with Gasteiger partial charge in [-0.1, -0.05) is 0 Å². The zero-order valence-corrected chi connectivity index (χ0v) is 15.9. The van der Waals surface area contributed by atoms with Crippen molar-refractivity contribution in [2.24, 2.45) is 0 Å². The number of thioether (sulfide) groups is 1. The normalized spacial score (nSPS) is 11.3. The highest BCUT2D eigenvalue weighted by atomic mass is 32.2. The monoisotopic (exact) mass is 384 g/mol. The third-order valence-corrected chi connectivity index (χ3v) is 4.85. The molecule has 0 aliphatic heterocycles. The molecule has 3 nitrogen and oxygen atoms in total. The number of Topliss-reactive ketones (excluding diaryl/α,β-unsaturated/α-hetero) is 2. The van der Waals surface area contributed by atoms with Crippen molar-refractivity contribution in [2.75, 3.05) is 12.5 Å². The van der Waals surface area contributed by atoms with Gasteiger partial charge >= 0.3 is 0 Å². The number of hydrogen-bond donors (Lipinski definition) is 0. The van der Waals surface area contributed by atoms with Gasteiger partial charge in [0.2, 0.25) is 0 Å². The summed E-state index contributed by atoms with van der Waals surface area (Å²) in [6.07, 6.45) is 3.32. The molecule has 1 atom stereocenters. The molecule has 0 radical (unpaired) electrons. The highest BCUT2D eigenvalue weighted by molar-refractivity contribution is 7.98. The Kier molecular flexibility index (Phi) is 8.12. The minimum absolute atomic E-state index is 0.0363. The molecule has 0 bridgehead atoms. The number of ketones is 2. The highest BCUT2D eigenvalue weighted by Crippen LogP contribution is 2.18. The Morgan fingerprint density at radius 1 is 0.920 bits per heavy atom. The molecule has 0 aliphatic carbocycles. The number of rotatable bonds is 4. The van der Waals surface area contributed by atoms with Crippen molar-refractivity contribution < 1.29 is 22.6 Å². The Morgan fingerprint density at radius 3 is 1.76 bits per heavy atom. The molecule has 0 aliphatic rings. The first-order valence-electron chi connectivity index (χ1n) is 7.15. The summed E-state index contributed by atoms with van der Waals surface area (Å²) in [4.78, 5) is 22.9. The number of hydrogen-bond acceptors (Lipinski definition) is 4. The predicted octanol–water partition coefficient (Wildman–Crippen LogP) is 4.52. The van der Waals surface area contributed by atoms with Crippen molar-refractivity contribution in [1.82, 2.24) is 0 Å². The minimum atomic E-state index is -1.21. The van der Waals surface area contributed by atoms with Gasteiger partial charge in [0.25, 0.3) is 0 Å². The average molecular weight is 384 g/mol. The maximum absolute atomic E-state index is 13.1. The van der Waals surface area contributed by atoms with Gasteiger partial charge in [0.15, 0.2) is 11.6 Å². The van der Waals surface area contributed by atoms with Crippen LogP contribution in [0.25, 0.3) is 0 Å². The molecule has 2 aromatic rings. The van der Waals surface area contributed by atoms with Gasteiger partial charge < -0.3 is 0 Å². The summed E-state index contributed by atoms with van der Waals surface area (Å²) in [7, 11) is -1.21. The van der Waals surface area contributed by atoms with E-state index in [2.05, 4.69) is 0 Å². The quantitative estimate of drug-likeness (QED) is 0.575. The van der Waals surface area contributed by atoms with Crippen LogP contribution < -0.4 is 0 Å². The van der Waals surface area contributed by atoms with E-state index in [9.17, 15) is 22.6 Å². The van der Waals surface area contributed by atoms with E-state index in [1.165, 1.54) is 56.1 Å². The summed E-state index contributed by atoms with van der Waals surface area (Å²) < 4.78 is 37.1. The molecular weight excluding hydrogens is 366 g/mol. The van der Waals surface area contributed by atoms with Gasteiger partial charge in [-0.05, 0) is 56.5 Å². The van der Waals surface area contributed by atoms with Gasteiger partial charge in [-0.25, -0.2) is 8.78 Å². The van der Waals surface area contributed by atoms with E-state index in [0.717, 1.165) is 11.0 Å². The van der Waals surface area contributed by atoms with Crippen LogP contribution in [0.15, 0.2) is 46.2 Å². The fourth-order valence-electron chi connectivity index (χ4n) is 1.87. The molecule has 1 unspecified atom stereocenters. The first kappa shape index (κ1) is 21.2. The van der Waals surface area contributed by atoms with Crippen LogP contribution >= 0.6 is 11.8 Å². The van der Waals surface area contributed by atoms with E-state index in [-0.39, 0.29) is 22.7 Å². The van der Waals surface area contributed by atoms with E-state index in [0.29, 0.717) is 4.90 Å². The largest absolute Gasteiger partial charge is 0.294 e. The third-order valence-electron chi connectivity index (χ3n) is 3.21. The maximum atomic E-state index is 13.1. The smallest absolute Gasteiger partial charge is 0.162 e. The van der Waals surface area contributed by atoms with Crippen LogP contribution in [0, 0.1) is 11.6 Å². The predicted molar refractivity (Wildman–Crippen MR) is 96.9 cm³/mol. The van der Waals surface area contributed by atoms with Crippen LogP contribution in [0.1, 0.15) is 34.6 Å². The van der Waals surface area contributed by atoms with Crippen molar-refractivity contribution in [3.8, 4) is 0 Å². The number of halogens is 2. The summed E-state index contributed by atoms with van der Waals surface area (Å²) in [5.41, 5.74) is 0.196. The molecule has 0 spiro atoms. The van der Waals surface area contributed by atoms with Gasteiger partial charge in [-0.2, -0.15) is 0 Å². The van der Waals surface area contributed by atoms with Gasteiger partial charge in [0.05, 0.1) is 11.1 Å². The third kappa shape index (κ3) is 6.17. The summed E-state index contributed by atoms with van der Waals surface area (Å²) in [6.45, 7) is 2.65. The topological polar surface area (TPSA) is 51.2 Å². The second kappa shape index (κ2) is 9.58. The lowest BCUT2D eigenvalue weighted by Crippen LogP contribution is -1.98. The second-order valence-corrected chi connectivity index (χ2v) is 7.31. The number of benzene rings is 2. The van der Waals surface area contributed by atoms with Crippen LogP contribution in [0.2, 0.25) is 0 Å². The molecule has 0 fully saturated rings. The molecule has 0 heterocycles. The van der Waals surface area contributed by atoms with Crippen molar-refractivity contribution in [3.63, 3.8) is 0 Å². The van der Waals surface area contributed by atoms with Crippen molar-refractivity contribution in [2.45, 2.75) is 23.6 Å². The Bertz CT molecular complexity index is 820. The van der Waals surface area contributed by atoms with Crippen molar-refractivity contribution >= 4 is 34.1 Å². The molecule has 2 rings (SSSR count). The van der Waals surface area contributed by atoms with E-state index in [1.807, 2.05) is 6.26 Å². The Morgan fingerprint density at radius 2 is 1.40 bits per heavy atom. The molecule has 7 heteroatoms. The molecule has 0 saturated carbocycles. The molecule has 134 valence electrons. The Balaban J connectivity index is 0.000000251. The fourth-order valence-corrected chi connectivity index (χ4v) is 2.82. The Hall–Kier alpha value is -1.86. The number of carbonyl (C=O) groups excluding carboxylic acids is 2. The molecule has 0 N–H and O–H groups in total. The summed E-state index contributed by atoms with van der Waals surface area (Å²) in [6, 6.07) is 8.62. The van der Waals surface area contributed by atoms with Crippen molar-refractivity contribution in [1.29, 1.82) is 0 Å². The maximum Gasteiger partial charge on any atom is 0.162 e.